The Morgan fingerprint density at radius 3 is 2.45 bits per heavy atom. The van der Waals surface area contributed by atoms with Crippen molar-refractivity contribution < 1.29 is 13.9 Å². The number of furan rings is 1. The molecule has 0 spiro atoms. The number of nitrogens with zero attached hydrogens (tertiary/aromatic N) is 1. The van der Waals surface area contributed by atoms with Gasteiger partial charge in [-0.25, -0.2) is 0 Å². The lowest BCUT2D eigenvalue weighted by Crippen LogP contribution is -2.19. The van der Waals surface area contributed by atoms with Gasteiger partial charge in [0, 0.05) is 11.0 Å². The van der Waals surface area contributed by atoms with Crippen molar-refractivity contribution in [2.45, 2.75) is 31.0 Å². The van der Waals surface area contributed by atoms with Crippen molar-refractivity contribution in [3.05, 3.63) is 76.0 Å². The number of benzene rings is 2. The van der Waals surface area contributed by atoms with Gasteiger partial charge in [0.2, 0.25) is 0 Å². The van der Waals surface area contributed by atoms with Crippen LogP contribution in [0.25, 0.3) is 0 Å². The molecule has 2 aromatic carbocycles. The van der Waals surface area contributed by atoms with Crippen molar-refractivity contribution in [3.63, 3.8) is 0 Å². The first-order valence-electron chi connectivity index (χ1n) is 9.66. The number of hydrogen-bond acceptors (Lipinski definition) is 5. The molecule has 162 valence electrons. The van der Waals surface area contributed by atoms with Crippen LogP contribution in [0.2, 0.25) is 5.02 Å². The number of alkyl halides is 1. The van der Waals surface area contributed by atoms with E-state index in [1.54, 1.807) is 18.0 Å². The van der Waals surface area contributed by atoms with Gasteiger partial charge >= 0.3 is 0 Å². The van der Waals surface area contributed by atoms with Gasteiger partial charge in [0.15, 0.2) is 10.8 Å². The molecule has 3 aromatic rings. The molecule has 3 rings (SSSR count). The number of halogens is 2. The first-order valence-corrected chi connectivity index (χ1v) is 11.8. The average molecular weight is 476 g/mol. The zero-order valence-corrected chi connectivity index (χ0v) is 19.9. The summed E-state index contributed by atoms with van der Waals surface area (Å²) in [5.74, 6) is 1.46. The van der Waals surface area contributed by atoms with E-state index in [0.717, 1.165) is 27.5 Å². The van der Waals surface area contributed by atoms with Gasteiger partial charge in [-0.1, -0.05) is 49.3 Å². The normalized spacial score (nSPS) is 11.2. The SMILES string of the molecule is CSc1cc(COc2ccc(C(C)(C)c3cc(Cl)c(OCCCl)c(C#N)c3)cc2)co1. The highest BCUT2D eigenvalue weighted by molar-refractivity contribution is 7.98. The summed E-state index contributed by atoms with van der Waals surface area (Å²) >= 11 is 13.7. The Kier molecular flexibility index (Phi) is 7.83. The lowest BCUT2D eigenvalue weighted by molar-refractivity contribution is 0.304. The number of thioether (sulfide) groups is 1. The number of hydrogen-bond donors (Lipinski definition) is 0. The molecule has 0 N–H and O–H groups in total. The van der Waals surface area contributed by atoms with Crippen LogP contribution >= 0.6 is 35.0 Å². The van der Waals surface area contributed by atoms with Gasteiger partial charge in [-0.2, -0.15) is 5.26 Å². The fraction of sp³-hybridized carbons (Fsp3) is 0.292. The summed E-state index contributed by atoms with van der Waals surface area (Å²) in [5, 5.41) is 10.8. The maximum Gasteiger partial charge on any atom is 0.160 e. The van der Waals surface area contributed by atoms with E-state index in [-0.39, 0.29) is 12.0 Å². The van der Waals surface area contributed by atoms with E-state index in [2.05, 4.69) is 19.9 Å². The molecule has 0 saturated carbocycles. The highest BCUT2D eigenvalue weighted by Crippen LogP contribution is 2.38. The van der Waals surface area contributed by atoms with Crippen molar-refractivity contribution in [3.8, 4) is 17.6 Å². The Morgan fingerprint density at radius 2 is 1.84 bits per heavy atom. The quantitative estimate of drug-likeness (QED) is 0.245. The minimum absolute atomic E-state index is 0.289. The highest BCUT2D eigenvalue weighted by Gasteiger charge is 2.26. The molecule has 0 aliphatic carbocycles. The average Bonchev–Trinajstić information content (AvgIpc) is 3.24. The molecule has 4 nitrogen and oxygen atoms in total. The van der Waals surface area contributed by atoms with Gasteiger partial charge in [-0.05, 0) is 47.7 Å². The van der Waals surface area contributed by atoms with Gasteiger partial charge in [-0.3, -0.25) is 0 Å². The molecule has 0 atom stereocenters. The maximum absolute atomic E-state index is 9.56. The Morgan fingerprint density at radius 1 is 1.10 bits per heavy atom. The third-order valence-corrected chi connectivity index (χ3v) is 6.07. The Labute approximate surface area is 197 Å². The number of ether oxygens (including phenoxy) is 2. The molecule has 0 unspecified atom stereocenters. The van der Waals surface area contributed by atoms with Crippen molar-refractivity contribution >= 4 is 35.0 Å². The smallest absolute Gasteiger partial charge is 0.160 e. The second-order valence-corrected chi connectivity index (χ2v) is 9.00. The van der Waals surface area contributed by atoms with Gasteiger partial charge in [0.05, 0.1) is 22.7 Å². The summed E-state index contributed by atoms with van der Waals surface area (Å²) in [7, 11) is 0. The van der Waals surface area contributed by atoms with Crippen LogP contribution in [0.15, 0.2) is 58.2 Å². The number of nitriles is 1. The van der Waals surface area contributed by atoms with Crippen LogP contribution in [-0.4, -0.2) is 18.7 Å². The largest absolute Gasteiger partial charge is 0.489 e. The number of rotatable bonds is 9. The fourth-order valence-electron chi connectivity index (χ4n) is 3.16. The van der Waals surface area contributed by atoms with E-state index < -0.39 is 0 Å². The zero-order chi connectivity index (χ0) is 22.4. The Balaban J connectivity index is 1.78. The van der Waals surface area contributed by atoms with Gasteiger partial charge in [0.1, 0.15) is 25.0 Å². The van der Waals surface area contributed by atoms with Crippen LogP contribution < -0.4 is 9.47 Å². The predicted molar refractivity (Wildman–Crippen MR) is 126 cm³/mol. The molecule has 1 aromatic heterocycles. The molecule has 0 saturated heterocycles. The first kappa shape index (κ1) is 23.4. The summed E-state index contributed by atoms with van der Waals surface area (Å²) in [6, 6.07) is 15.7. The predicted octanol–water partition coefficient (Wildman–Crippen LogP) is 7.05. The maximum atomic E-state index is 9.56. The van der Waals surface area contributed by atoms with Crippen molar-refractivity contribution in [1.29, 1.82) is 5.26 Å². The van der Waals surface area contributed by atoms with E-state index in [1.807, 2.05) is 48.7 Å². The fourth-order valence-corrected chi connectivity index (χ4v) is 3.93. The second-order valence-electron chi connectivity index (χ2n) is 7.40. The zero-order valence-electron chi connectivity index (χ0n) is 17.6. The molecule has 0 aliphatic rings. The minimum Gasteiger partial charge on any atom is -0.489 e. The topological polar surface area (TPSA) is 55.4 Å². The standard InChI is InChI=1S/C24H23Cl2NO3S/c1-24(2,19-11-17(13-27)23(21(26)12-19)28-9-8-25)18-4-6-20(7-5-18)29-14-16-10-22(31-3)30-15-16/h4-7,10-12,15H,8-9,14H2,1-3H3. The lowest BCUT2D eigenvalue weighted by Gasteiger charge is -2.27. The monoisotopic (exact) mass is 475 g/mol. The van der Waals surface area contributed by atoms with E-state index in [1.165, 1.54) is 0 Å². The van der Waals surface area contributed by atoms with Crippen LogP contribution in [0.5, 0.6) is 11.5 Å². The van der Waals surface area contributed by atoms with E-state index >= 15 is 0 Å². The van der Waals surface area contributed by atoms with Crippen molar-refractivity contribution in [2.75, 3.05) is 18.7 Å². The van der Waals surface area contributed by atoms with Crippen LogP contribution in [-0.2, 0) is 12.0 Å². The summed E-state index contributed by atoms with van der Waals surface area (Å²) in [6.45, 7) is 4.91. The Hall–Kier alpha value is -2.26. The minimum atomic E-state index is -0.378. The van der Waals surface area contributed by atoms with Crippen LogP contribution in [0, 0.1) is 11.3 Å². The van der Waals surface area contributed by atoms with E-state index in [0.29, 0.717) is 28.8 Å². The summed E-state index contributed by atoms with van der Waals surface area (Å²) < 4.78 is 16.8. The van der Waals surface area contributed by atoms with Gasteiger partial charge in [-0.15, -0.1) is 11.6 Å². The molecule has 0 fully saturated rings. The highest BCUT2D eigenvalue weighted by atomic mass is 35.5. The molecule has 1 heterocycles. The van der Waals surface area contributed by atoms with Crippen LogP contribution in [0.3, 0.4) is 0 Å². The van der Waals surface area contributed by atoms with E-state index in [4.69, 9.17) is 37.1 Å². The molecular weight excluding hydrogens is 453 g/mol. The van der Waals surface area contributed by atoms with Crippen LogP contribution in [0.1, 0.15) is 36.1 Å². The van der Waals surface area contributed by atoms with Crippen LogP contribution in [0.4, 0.5) is 0 Å². The molecule has 0 aliphatic heterocycles. The van der Waals surface area contributed by atoms with Crippen molar-refractivity contribution in [2.24, 2.45) is 0 Å². The molecule has 0 radical (unpaired) electrons. The van der Waals surface area contributed by atoms with Gasteiger partial charge < -0.3 is 13.9 Å². The molecule has 7 heteroatoms. The van der Waals surface area contributed by atoms with Crippen molar-refractivity contribution in [1.82, 2.24) is 0 Å². The lowest BCUT2D eigenvalue weighted by atomic mass is 9.77. The molecule has 31 heavy (non-hydrogen) atoms. The summed E-state index contributed by atoms with van der Waals surface area (Å²) in [4.78, 5) is 0. The summed E-state index contributed by atoms with van der Waals surface area (Å²) in [6.07, 6.45) is 3.68. The molecule has 0 amide bonds. The molecule has 0 bridgehead atoms. The van der Waals surface area contributed by atoms with Gasteiger partial charge in [0.25, 0.3) is 0 Å². The summed E-state index contributed by atoms with van der Waals surface area (Å²) in [5.41, 5.74) is 3.00. The third-order valence-electron chi connectivity index (χ3n) is 5.02. The Bertz CT molecular complexity index is 1070. The first-order chi connectivity index (χ1) is 14.9. The molecular formula is C24H23Cl2NO3S. The second kappa shape index (κ2) is 10.4. The third kappa shape index (κ3) is 5.51. The van der Waals surface area contributed by atoms with E-state index in [9.17, 15) is 5.26 Å².